The van der Waals surface area contributed by atoms with E-state index in [2.05, 4.69) is 15.6 Å². The van der Waals surface area contributed by atoms with Gasteiger partial charge in [0.1, 0.15) is 11.6 Å². The van der Waals surface area contributed by atoms with Gasteiger partial charge in [0.05, 0.1) is 14.2 Å². The molecule has 0 radical (unpaired) electrons. The Morgan fingerprint density at radius 3 is 2.32 bits per heavy atom. The third-order valence-corrected chi connectivity index (χ3v) is 3.60. The third-order valence-electron chi connectivity index (χ3n) is 3.60. The molecular weight excluding hydrogens is 328 g/mol. The Bertz CT molecular complexity index is 731. The molecule has 2 rings (SSSR count). The molecule has 0 aromatic heterocycles. The molecule has 0 bridgehead atoms. The molecule has 134 valence electrons. The number of halogens is 2. The van der Waals surface area contributed by atoms with Crippen LogP contribution in [0.3, 0.4) is 0 Å². The number of anilines is 1. The van der Waals surface area contributed by atoms with Crippen LogP contribution in [0.1, 0.15) is 5.56 Å². The predicted molar refractivity (Wildman–Crippen MR) is 94.6 cm³/mol. The Morgan fingerprint density at radius 1 is 1.04 bits per heavy atom. The van der Waals surface area contributed by atoms with E-state index < -0.39 is 11.6 Å². The molecule has 2 aromatic carbocycles. The van der Waals surface area contributed by atoms with Gasteiger partial charge >= 0.3 is 0 Å². The van der Waals surface area contributed by atoms with Crippen molar-refractivity contribution in [2.24, 2.45) is 4.99 Å². The van der Waals surface area contributed by atoms with Crippen LogP contribution in [0.15, 0.2) is 41.4 Å². The van der Waals surface area contributed by atoms with Crippen molar-refractivity contribution in [3.63, 3.8) is 0 Å². The molecule has 0 amide bonds. The summed E-state index contributed by atoms with van der Waals surface area (Å²) in [6.45, 7) is 0.324. The molecule has 0 atom stereocenters. The topological polar surface area (TPSA) is 54.9 Å². The van der Waals surface area contributed by atoms with E-state index in [1.807, 2.05) is 6.07 Å². The maximum absolute atomic E-state index is 13.6. The number of rotatable bonds is 6. The van der Waals surface area contributed by atoms with Crippen LogP contribution in [-0.4, -0.2) is 33.8 Å². The summed E-state index contributed by atoms with van der Waals surface area (Å²) in [5, 5.41) is 6.11. The van der Waals surface area contributed by atoms with Crippen LogP contribution in [0.2, 0.25) is 0 Å². The van der Waals surface area contributed by atoms with Crippen molar-refractivity contribution >= 4 is 11.6 Å². The monoisotopic (exact) mass is 349 g/mol. The third kappa shape index (κ3) is 4.82. The molecule has 0 spiro atoms. The molecule has 0 fully saturated rings. The Balaban J connectivity index is 1.97. The maximum Gasteiger partial charge on any atom is 0.195 e. The fourth-order valence-electron chi connectivity index (χ4n) is 2.31. The van der Waals surface area contributed by atoms with Crippen LogP contribution in [0.25, 0.3) is 0 Å². The molecule has 2 N–H and O–H groups in total. The van der Waals surface area contributed by atoms with Gasteiger partial charge in [-0.1, -0.05) is 6.07 Å². The Labute approximate surface area is 145 Å². The first-order valence-corrected chi connectivity index (χ1v) is 7.71. The smallest absolute Gasteiger partial charge is 0.195 e. The summed E-state index contributed by atoms with van der Waals surface area (Å²) in [6.07, 6.45) is 0.200. The largest absolute Gasteiger partial charge is 0.493 e. The number of aliphatic imine (C=N–C) groups is 1. The van der Waals surface area contributed by atoms with Crippen molar-refractivity contribution in [1.82, 2.24) is 5.32 Å². The fraction of sp³-hybridized carbons (Fsp3) is 0.278. The molecule has 0 aliphatic heterocycles. The van der Waals surface area contributed by atoms with Crippen LogP contribution < -0.4 is 20.1 Å². The van der Waals surface area contributed by atoms with Gasteiger partial charge in [0.25, 0.3) is 0 Å². The van der Waals surface area contributed by atoms with Crippen molar-refractivity contribution < 1.29 is 18.3 Å². The number of nitrogens with one attached hydrogen (secondary N) is 2. The van der Waals surface area contributed by atoms with Gasteiger partial charge in [0, 0.05) is 30.9 Å². The summed E-state index contributed by atoms with van der Waals surface area (Å²) in [5.74, 6) is 0.570. The van der Waals surface area contributed by atoms with E-state index in [0.29, 0.717) is 24.0 Å². The quantitative estimate of drug-likeness (QED) is 0.621. The minimum atomic E-state index is -0.551. The predicted octanol–water partition coefficient (Wildman–Crippen LogP) is 3.21. The summed E-state index contributed by atoms with van der Waals surface area (Å²) < 4.78 is 37.7. The highest BCUT2D eigenvalue weighted by atomic mass is 19.1. The van der Waals surface area contributed by atoms with Crippen molar-refractivity contribution in [3.8, 4) is 11.5 Å². The van der Waals surface area contributed by atoms with Crippen LogP contribution in [-0.2, 0) is 6.42 Å². The first kappa shape index (κ1) is 18.5. The number of nitrogens with zero attached hydrogens (tertiary/aromatic N) is 1. The van der Waals surface area contributed by atoms with Gasteiger partial charge in [0.2, 0.25) is 0 Å². The van der Waals surface area contributed by atoms with Gasteiger partial charge in [-0.05, 0) is 30.7 Å². The number of guanidine groups is 1. The fourth-order valence-corrected chi connectivity index (χ4v) is 2.31. The highest BCUT2D eigenvalue weighted by Gasteiger charge is 2.09. The number of hydrogen-bond donors (Lipinski definition) is 2. The number of benzene rings is 2. The second kappa shape index (κ2) is 8.86. The molecular formula is C18H21F2N3O2. The Hall–Kier alpha value is -2.83. The first-order chi connectivity index (χ1) is 12.1. The minimum absolute atomic E-state index is 0.0524. The molecule has 25 heavy (non-hydrogen) atoms. The van der Waals surface area contributed by atoms with Crippen molar-refractivity contribution in [2.45, 2.75) is 6.42 Å². The average molecular weight is 349 g/mol. The van der Waals surface area contributed by atoms with Gasteiger partial charge in [-0.3, -0.25) is 4.99 Å². The van der Waals surface area contributed by atoms with Gasteiger partial charge in [0.15, 0.2) is 17.5 Å². The Morgan fingerprint density at radius 2 is 1.72 bits per heavy atom. The standard InChI is InChI=1S/C18H21F2N3O2/c1-21-18(22-10-9-13-14(19)5-4-6-15(13)20)23-12-7-8-16(24-2)17(11-12)25-3/h4-8,11H,9-10H2,1-3H3,(H2,21,22,23). The van der Waals surface area contributed by atoms with Crippen LogP contribution in [0.4, 0.5) is 14.5 Å². The lowest BCUT2D eigenvalue weighted by molar-refractivity contribution is 0.355. The summed E-state index contributed by atoms with van der Waals surface area (Å²) in [6, 6.07) is 9.18. The van der Waals surface area contributed by atoms with Crippen LogP contribution >= 0.6 is 0 Å². The number of hydrogen-bond acceptors (Lipinski definition) is 3. The highest BCUT2D eigenvalue weighted by Crippen LogP contribution is 2.29. The van der Waals surface area contributed by atoms with E-state index >= 15 is 0 Å². The lowest BCUT2D eigenvalue weighted by atomic mass is 10.1. The highest BCUT2D eigenvalue weighted by molar-refractivity contribution is 5.93. The molecule has 2 aromatic rings. The van der Waals surface area contributed by atoms with Crippen molar-refractivity contribution in [2.75, 3.05) is 33.1 Å². The summed E-state index contributed by atoms with van der Waals surface area (Å²) in [5.41, 5.74) is 0.791. The Kier molecular flexibility index (Phi) is 6.56. The molecule has 0 aliphatic rings. The van der Waals surface area contributed by atoms with E-state index in [0.717, 1.165) is 5.69 Å². The number of methoxy groups -OCH3 is 2. The second-order valence-electron chi connectivity index (χ2n) is 5.14. The molecule has 0 heterocycles. The molecule has 7 heteroatoms. The molecule has 0 saturated carbocycles. The van der Waals surface area contributed by atoms with Crippen molar-refractivity contribution in [3.05, 3.63) is 53.6 Å². The van der Waals surface area contributed by atoms with E-state index in [9.17, 15) is 8.78 Å². The van der Waals surface area contributed by atoms with Crippen molar-refractivity contribution in [1.29, 1.82) is 0 Å². The molecule has 0 aliphatic carbocycles. The van der Waals surface area contributed by atoms with Gasteiger partial charge in [-0.2, -0.15) is 0 Å². The van der Waals surface area contributed by atoms with Crippen LogP contribution in [0, 0.1) is 11.6 Å². The van der Waals surface area contributed by atoms with E-state index in [1.54, 1.807) is 33.4 Å². The lowest BCUT2D eigenvalue weighted by Crippen LogP contribution is -2.32. The molecule has 5 nitrogen and oxygen atoms in total. The normalized spacial score (nSPS) is 11.2. The number of ether oxygens (including phenoxy) is 2. The molecule has 0 saturated heterocycles. The van der Waals surface area contributed by atoms with E-state index in [-0.39, 0.29) is 12.0 Å². The zero-order valence-electron chi connectivity index (χ0n) is 14.4. The van der Waals surface area contributed by atoms with E-state index in [1.165, 1.54) is 18.2 Å². The van der Waals surface area contributed by atoms with Gasteiger partial charge in [-0.15, -0.1) is 0 Å². The SMILES string of the molecule is CN=C(NCCc1c(F)cccc1F)Nc1ccc(OC)c(OC)c1. The summed E-state index contributed by atoms with van der Waals surface area (Å²) in [7, 11) is 4.73. The lowest BCUT2D eigenvalue weighted by Gasteiger charge is -2.14. The zero-order valence-corrected chi connectivity index (χ0v) is 14.4. The van der Waals surface area contributed by atoms with Gasteiger partial charge in [-0.25, -0.2) is 8.78 Å². The second-order valence-corrected chi connectivity index (χ2v) is 5.14. The zero-order chi connectivity index (χ0) is 18.2. The van der Waals surface area contributed by atoms with E-state index in [4.69, 9.17) is 9.47 Å². The minimum Gasteiger partial charge on any atom is -0.493 e. The van der Waals surface area contributed by atoms with Crippen LogP contribution in [0.5, 0.6) is 11.5 Å². The molecule has 0 unspecified atom stereocenters. The van der Waals surface area contributed by atoms with Gasteiger partial charge < -0.3 is 20.1 Å². The summed E-state index contributed by atoms with van der Waals surface area (Å²) in [4.78, 5) is 4.09. The average Bonchev–Trinajstić information content (AvgIpc) is 2.62. The maximum atomic E-state index is 13.6. The summed E-state index contributed by atoms with van der Waals surface area (Å²) >= 11 is 0. The first-order valence-electron chi connectivity index (χ1n) is 7.71.